The fraction of sp³-hybridized carbons (Fsp3) is 0.500. The second-order valence-electron chi connectivity index (χ2n) is 5.00. The molecular weight excluding hydrogens is 314 g/mol. The number of sulfonamides is 1. The molecule has 0 N–H and O–H groups in total. The summed E-state index contributed by atoms with van der Waals surface area (Å²) >= 11 is 5.86. The van der Waals surface area contributed by atoms with Gasteiger partial charge in [0.2, 0.25) is 10.0 Å². The van der Waals surface area contributed by atoms with Crippen LogP contribution in [-0.4, -0.2) is 37.9 Å². The van der Waals surface area contributed by atoms with Gasteiger partial charge in [-0.2, -0.15) is 4.31 Å². The molecule has 0 radical (unpaired) electrons. The van der Waals surface area contributed by atoms with E-state index < -0.39 is 16.0 Å². The van der Waals surface area contributed by atoms with Crippen molar-refractivity contribution in [3.63, 3.8) is 0 Å². The number of aryl methyl sites for hydroxylation is 1. The van der Waals surface area contributed by atoms with E-state index in [1.54, 1.807) is 19.9 Å². The van der Waals surface area contributed by atoms with Gasteiger partial charge in [-0.25, -0.2) is 8.42 Å². The van der Waals surface area contributed by atoms with Gasteiger partial charge in [-0.15, -0.1) is 0 Å². The Morgan fingerprint density at radius 2 is 2.10 bits per heavy atom. The smallest absolute Gasteiger partial charge is 0.321 e. The molecule has 0 spiro atoms. The Hall–Kier alpha value is -1.11. The van der Waals surface area contributed by atoms with Crippen molar-refractivity contribution >= 4 is 27.6 Å². The molecule has 1 aliphatic rings. The first-order chi connectivity index (χ1) is 9.86. The minimum atomic E-state index is -3.72. The van der Waals surface area contributed by atoms with E-state index in [1.165, 1.54) is 16.4 Å². The highest BCUT2D eigenvalue weighted by Crippen LogP contribution is 2.33. The van der Waals surface area contributed by atoms with E-state index in [2.05, 4.69) is 0 Å². The van der Waals surface area contributed by atoms with Crippen molar-refractivity contribution < 1.29 is 17.9 Å². The van der Waals surface area contributed by atoms with Gasteiger partial charge < -0.3 is 4.74 Å². The summed E-state index contributed by atoms with van der Waals surface area (Å²) in [5.41, 5.74) is 0.567. The zero-order chi connectivity index (χ0) is 15.6. The van der Waals surface area contributed by atoms with Gasteiger partial charge >= 0.3 is 5.97 Å². The monoisotopic (exact) mass is 331 g/mol. The lowest BCUT2D eigenvalue weighted by atomic mass is 10.2. The number of halogens is 1. The Morgan fingerprint density at radius 1 is 1.43 bits per heavy atom. The maximum absolute atomic E-state index is 12.8. The van der Waals surface area contributed by atoms with Crippen LogP contribution in [0.15, 0.2) is 23.1 Å². The Balaban J connectivity index is 2.31. The van der Waals surface area contributed by atoms with Gasteiger partial charge in [0.1, 0.15) is 6.54 Å². The molecule has 7 heteroatoms. The minimum Gasteiger partial charge on any atom is -0.465 e. The first-order valence-electron chi connectivity index (χ1n) is 6.80. The highest BCUT2D eigenvalue weighted by molar-refractivity contribution is 7.89. The van der Waals surface area contributed by atoms with Crippen LogP contribution in [0.2, 0.25) is 5.02 Å². The van der Waals surface area contributed by atoms with Crippen LogP contribution in [0.25, 0.3) is 0 Å². The quantitative estimate of drug-likeness (QED) is 0.751. The molecule has 0 bridgehead atoms. The van der Waals surface area contributed by atoms with Gasteiger partial charge in [0, 0.05) is 11.1 Å². The zero-order valence-electron chi connectivity index (χ0n) is 12.0. The molecule has 1 fully saturated rings. The summed E-state index contributed by atoms with van der Waals surface area (Å²) in [5.74, 6) is -0.528. The van der Waals surface area contributed by atoms with E-state index >= 15 is 0 Å². The fourth-order valence-corrected chi connectivity index (χ4v) is 4.20. The topological polar surface area (TPSA) is 63.7 Å². The number of hydrogen-bond acceptors (Lipinski definition) is 4. The summed E-state index contributed by atoms with van der Waals surface area (Å²) in [6, 6.07) is 4.50. The Labute approximate surface area is 129 Å². The lowest BCUT2D eigenvalue weighted by Crippen LogP contribution is -2.38. The van der Waals surface area contributed by atoms with E-state index in [1.807, 2.05) is 0 Å². The molecule has 2 rings (SSSR count). The number of carbonyl (C=O) groups is 1. The SMILES string of the molecule is CCOC(=O)CN(C1CC1)S(=O)(=O)c1ccc(Cl)cc1C. The third kappa shape index (κ3) is 3.75. The van der Waals surface area contributed by atoms with Crippen LogP contribution in [0, 0.1) is 6.92 Å². The molecule has 5 nitrogen and oxygen atoms in total. The molecule has 0 unspecified atom stereocenters. The molecule has 0 saturated heterocycles. The molecule has 116 valence electrons. The third-order valence-electron chi connectivity index (χ3n) is 3.27. The lowest BCUT2D eigenvalue weighted by Gasteiger charge is -2.22. The number of benzene rings is 1. The Kier molecular flexibility index (Phi) is 4.91. The van der Waals surface area contributed by atoms with Crippen LogP contribution in [0.1, 0.15) is 25.3 Å². The summed E-state index contributed by atoms with van der Waals surface area (Å²) in [5, 5.41) is 0.481. The van der Waals surface area contributed by atoms with Crippen molar-refractivity contribution in [2.45, 2.75) is 37.6 Å². The maximum atomic E-state index is 12.8. The molecule has 0 aliphatic heterocycles. The average Bonchev–Trinajstić information content (AvgIpc) is 3.19. The fourth-order valence-electron chi connectivity index (χ4n) is 2.14. The molecule has 1 aromatic rings. The van der Waals surface area contributed by atoms with Crippen LogP contribution in [0.3, 0.4) is 0 Å². The number of nitrogens with zero attached hydrogens (tertiary/aromatic N) is 1. The van der Waals surface area contributed by atoms with Gasteiger partial charge in [-0.1, -0.05) is 11.6 Å². The third-order valence-corrected chi connectivity index (χ3v) is 5.56. The summed E-state index contributed by atoms with van der Waals surface area (Å²) in [6.45, 7) is 3.37. The number of esters is 1. The van der Waals surface area contributed by atoms with Gasteiger partial charge in [-0.05, 0) is 50.5 Å². The number of hydrogen-bond donors (Lipinski definition) is 0. The molecule has 1 aliphatic carbocycles. The predicted molar refractivity (Wildman–Crippen MR) is 79.7 cm³/mol. The van der Waals surface area contributed by atoms with Gasteiger partial charge in [-0.3, -0.25) is 4.79 Å². The first-order valence-corrected chi connectivity index (χ1v) is 8.61. The van der Waals surface area contributed by atoms with Crippen molar-refractivity contribution in [2.24, 2.45) is 0 Å². The lowest BCUT2D eigenvalue weighted by molar-refractivity contribution is -0.143. The first kappa shape index (κ1) is 16.3. The summed E-state index contributed by atoms with van der Waals surface area (Å²) in [4.78, 5) is 11.8. The van der Waals surface area contributed by atoms with E-state index in [-0.39, 0.29) is 24.1 Å². The summed E-state index contributed by atoms with van der Waals surface area (Å²) < 4.78 is 31.6. The van der Waals surface area contributed by atoms with Crippen LogP contribution in [-0.2, 0) is 19.6 Å². The van der Waals surface area contributed by atoms with Crippen molar-refractivity contribution in [3.8, 4) is 0 Å². The minimum absolute atomic E-state index is 0.116. The summed E-state index contributed by atoms with van der Waals surface area (Å²) in [6.07, 6.45) is 1.54. The highest BCUT2D eigenvalue weighted by Gasteiger charge is 2.40. The van der Waals surface area contributed by atoms with Crippen molar-refractivity contribution in [1.29, 1.82) is 0 Å². The second kappa shape index (κ2) is 6.34. The van der Waals surface area contributed by atoms with Crippen LogP contribution >= 0.6 is 11.6 Å². The molecule has 1 saturated carbocycles. The number of ether oxygens (including phenoxy) is 1. The van der Waals surface area contributed by atoms with Gasteiger partial charge in [0.05, 0.1) is 11.5 Å². The van der Waals surface area contributed by atoms with E-state index in [4.69, 9.17) is 16.3 Å². The van der Waals surface area contributed by atoms with E-state index in [0.717, 1.165) is 12.8 Å². The molecular formula is C14H18ClNO4S. The van der Waals surface area contributed by atoms with E-state index in [9.17, 15) is 13.2 Å². The molecule has 0 heterocycles. The maximum Gasteiger partial charge on any atom is 0.321 e. The predicted octanol–water partition coefficient (Wildman–Crippen LogP) is 2.36. The number of rotatable bonds is 6. The second-order valence-corrected chi connectivity index (χ2v) is 7.29. The van der Waals surface area contributed by atoms with Crippen LogP contribution in [0.5, 0.6) is 0 Å². The van der Waals surface area contributed by atoms with Crippen LogP contribution in [0.4, 0.5) is 0 Å². The van der Waals surface area contributed by atoms with Gasteiger partial charge in [0.15, 0.2) is 0 Å². The Morgan fingerprint density at radius 3 is 2.62 bits per heavy atom. The van der Waals surface area contributed by atoms with Crippen molar-refractivity contribution in [1.82, 2.24) is 4.31 Å². The molecule has 21 heavy (non-hydrogen) atoms. The molecule has 0 aromatic heterocycles. The normalized spacial score (nSPS) is 15.2. The Bertz CT molecular complexity index is 640. The zero-order valence-corrected chi connectivity index (χ0v) is 13.6. The molecule has 0 amide bonds. The van der Waals surface area contributed by atoms with Crippen molar-refractivity contribution in [2.75, 3.05) is 13.2 Å². The van der Waals surface area contributed by atoms with Crippen LogP contribution < -0.4 is 0 Å². The van der Waals surface area contributed by atoms with Crippen molar-refractivity contribution in [3.05, 3.63) is 28.8 Å². The van der Waals surface area contributed by atoms with Gasteiger partial charge in [0.25, 0.3) is 0 Å². The summed E-state index contributed by atoms with van der Waals surface area (Å²) in [7, 11) is -3.72. The average molecular weight is 332 g/mol. The number of carbonyl (C=O) groups excluding carboxylic acids is 1. The molecule has 0 atom stereocenters. The largest absolute Gasteiger partial charge is 0.465 e. The van der Waals surface area contributed by atoms with E-state index in [0.29, 0.717) is 10.6 Å². The highest BCUT2D eigenvalue weighted by atomic mass is 35.5. The standard InChI is InChI=1S/C14H18ClNO4S/c1-3-20-14(17)9-16(12-5-6-12)21(18,19)13-7-4-11(15)8-10(13)2/h4,7-8,12H,3,5-6,9H2,1-2H3. The molecule has 1 aromatic carbocycles.